The van der Waals surface area contributed by atoms with Crippen LogP contribution in [0.5, 0.6) is 11.6 Å². The number of aromatic nitrogens is 2. The van der Waals surface area contributed by atoms with Crippen LogP contribution in [0.15, 0.2) is 45.9 Å². The highest BCUT2D eigenvalue weighted by atomic mass is 79.9. The second-order valence-corrected chi connectivity index (χ2v) is 6.91. The molecule has 8 nitrogen and oxygen atoms in total. The Bertz CT molecular complexity index is 1230. The molecule has 3 N–H and O–H groups in total. The first-order valence-electron chi connectivity index (χ1n) is 8.32. The van der Waals surface area contributed by atoms with Crippen molar-refractivity contribution in [2.24, 2.45) is 4.99 Å². The molecule has 0 unspecified atom stereocenters. The Balaban J connectivity index is 2.11. The zero-order valence-corrected chi connectivity index (χ0v) is 17.1. The van der Waals surface area contributed by atoms with Crippen LogP contribution in [0.25, 0.3) is 4.85 Å². The number of rotatable bonds is 3. The van der Waals surface area contributed by atoms with Crippen LogP contribution in [0.1, 0.15) is 16.7 Å². The average Bonchev–Trinajstić information content (AvgIpc) is 2.72. The van der Waals surface area contributed by atoms with Gasteiger partial charge in [0, 0.05) is 0 Å². The maximum absolute atomic E-state index is 10.3. The molecular weight excluding hydrogens is 436 g/mol. The number of benzene rings is 2. The predicted octanol–water partition coefficient (Wildman–Crippen LogP) is 4.53. The lowest BCUT2D eigenvalue weighted by atomic mass is 10.1. The molecule has 0 bridgehead atoms. The van der Waals surface area contributed by atoms with E-state index in [1.165, 1.54) is 0 Å². The van der Waals surface area contributed by atoms with Gasteiger partial charge in [0.05, 0.1) is 23.9 Å². The van der Waals surface area contributed by atoms with Gasteiger partial charge in [-0.25, -0.2) is 9.84 Å². The third kappa shape index (κ3) is 4.05. The SMILES string of the molecule is [C-]#[N+]c1ccc(N=c2nc(Oc3c(C)cc(C#N)cc3C)c(Br)c(N)n2O)cc1. The molecule has 0 aliphatic carbocycles. The number of halogens is 1. The number of nitrogens with two attached hydrogens (primary N) is 1. The fourth-order valence-corrected chi connectivity index (χ4v) is 2.96. The molecule has 0 saturated heterocycles. The summed E-state index contributed by atoms with van der Waals surface area (Å²) in [5.74, 6) is 0.593. The Morgan fingerprint density at radius 3 is 2.45 bits per heavy atom. The molecular formula is C20H15BrN6O2. The molecule has 1 aromatic heterocycles. The second-order valence-electron chi connectivity index (χ2n) is 6.12. The standard InChI is InChI=1S/C20H15BrN6O2/c1-11-8-13(10-22)9-12(2)17(11)29-19-16(21)18(23)27(28)20(26-19)25-15-6-4-14(24-3)5-7-15/h4-9,28H,23H2,1-2H3. The second kappa shape index (κ2) is 8.05. The van der Waals surface area contributed by atoms with Gasteiger partial charge in [0.25, 0.3) is 5.62 Å². The Morgan fingerprint density at radius 2 is 1.90 bits per heavy atom. The number of nitrogens with zero attached hydrogens (tertiary/aromatic N) is 5. The van der Waals surface area contributed by atoms with E-state index in [0.29, 0.717) is 27.4 Å². The van der Waals surface area contributed by atoms with Gasteiger partial charge in [-0.1, -0.05) is 12.1 Å². The Hall–Kier alpha value is -3.82. The summed E-state index contributed by atoms with van der Waals surface area (Å²) in [6, 6.07) is 12.0. The molecule has 0 aliphatic heterocycles. The Labute approximate surface area is 175 Å². The van der Waals surface area contributed by atoms with Crippen molar-refractivity contribution < 1.29 is 9.94 Å². The van der Waals surface area contributed by atoms with Crippen molar-refractivity contribution in [1.82, 2.24) is 9.71 Å². The van der Waals surface area contributed by atoms with E-state index in [2.05, 4.69) is 36.8 Å². The molecule has 3 aromatic rings. The Kier molecular flexibility index (Phi) is 5.53. The van der Waals surface area contributed by atoms with E-state index < -0.39 is 0 Å². The molecule has 144 valence electrons. The molecule has 0 saturated carbocycles. The van der Waals surface area contributed by atoms with Crippen LogP contribution < -0.4 is 16.1 Å². The minimum Gasteiger partial charge on any atom is -0.437 e. The van der Waals surface area contributed by atoms with Crippen LogP contribution in [0, 0.1) is 31.8 Å². The number of nitriles is 1. The Morgan fingerprint density at radius 1 is 1.28 bits per heavy atom. The lowest BCUT2D eigenvalue weighted by molar-refractivity contribution is 0.171. The summed E-state index contributed by atoms with van der Waals surface area (Å²) in [5, 5.41) is 19.4. The number of nitrogen functional groups attached to an aromatic ring is 1. The molecule has 0 aliphatic rings. The first-order chi connectivity index (χ1) is 13.8. The van der Waals surface area contributed by atoms with E-state index in [1.54, 1.807) is 36.4 Å². The van der Waals surface area contributed by atoms with E-state index in [4.69, 9.17) is 22.3 Å². The molecule has 0 spiro atoms. The summed E-state index contributed by atoms with van der Waals surface area (Å²) in [6.07, 6.45) is 0. The number of hydrogen-bond acceptors (Lipinski definition) is 6. The molecule has 1 heterocycles. The van der Waals surface area contributed by atoms with Crippen LogP contribution >= 0.6 is 15.9 Å². The fourth-order valence-electron chi connectivity index (χ4n) is 2.63. The zero-order valence-electron chi connectivity index (χ0n) is 15.5. The molecule has 0 atom stereocenters. The summed E-state index contributed by atoms with van der Waals surface area (Å²) in [6.45, 7) is 10.6. The van der Waals surface area contributed by atoms with Crippen LogP contribution in [-0.4, -0.2) is 14.9 Å². The number of hydrogen-bond donors (Lipinski definition) is 2. The fraction of sp³-hybridized carbons (Fsp3) is 0.100. The van der Waals surface area contributed by atoms with E-state index in [1.807, 2.05) is 13.8 Å². The third-order valence-electron chi connectivity index (χ3n) is 4.03. The average molecular weight is 451 g/mol. The molecule has 0 radical (unpaired) electrons. The van der Waals surface area contributed by atoms with Crippen molar-refractivity contribution in [2.45, 2.75) is 13.8 Å². The van der Waals surface area contributed by atoms with Crippen LogP contribution in [0.3, 0.4) is 0 Å². The largest absolute Gasteiger partial charge is 0.437 e. The van der Waals surface area contributed by atoms with E-state index in [9.17, 15) is 5.21 Å². The van der Waals surface area contributed by atoms with Gasteiger partial charge in [0.2, 0.25) is 5.88 Å². The van der Waals surface area contributed by atoms with Crippen molar-refractivity contribution in [3.63, 3.8) is 0 Å². The van der Waals surface area contributed by atoms with Gasteiger partial charge >= 0.3 is 0 Å². The van der Waals surface area contributed by atoms with E-state index in [0.717, 1.165) is 11.1 Å². The van der Waals surface area contributed by atoms with Gasteiger partial charge in [-0.15, -0.1) is 4.73 Å². The number of ether oxygens (including phenoxy) is 1. The van der Waals surface area contributed by atoms with Crippen molar-refractivity contribution >= 4 is 33.1 Å². The quantitative estimate of drug-likeness (QED) is 0.449. The summed E-state index contributed by atoms with van der Waals surface area (Å²) in [5.41, 5.74) is 8.85. The highest BCUT2D eigenvalue weighted by molar-refractivity contribution is 9.10. The minimum atomic E-state index is -0.0970. The molecule has 0 fully saturated rings. The summed E-state index contributed by atoms with van der Waals surface area (Å²) >= 11 is 3.28. The van der Waals surface area contributed by atoms with Crippen molar-refractivity contribution in [2.75, 3.05) is 5.73 Å². The van der Waals surface area contributed by atoms with Crippen LogP contribution in [-0.2, 0) is 0 Å². The molecule has 2 aromatic carbocycles. The number of aryl methyl sites for hydroxylation is 2. The summed E-state index contributed by atoms with van der Waals surface area (Å²) in [7, 11) is 0. The maximum atomic E-state index is 10.3. The lowest BCUT2D eigenvalue weighted by Gasteiger charge is -2.14. The first kappa shape index (κ1) is 19.9. The van der Waals surface area contributed by atoms with Gasteiger partial charge in [-0.2, -0.15) is 10.2 Å². The normalized spacial score (nSPS) is 11.0. The van der Waals surface area contributed by atoms with Gasteiger partial charge in [-0.05, 0) is 65.2 Å². The zero-order chi connectivity index (χ0) is 21.1. The molecule has 3 rings (SSSR count). The highest BCUT2D eigenvalue weighted by Gasteiger charge is 2.16. The summed E-state index contributed by atoms with van der Waals surface area (Å²) in [4.78, 5) is 11.9. The van der Waals surface area contributed by atoms with Gasteiger partial charge in [-0.3, -0.25) is 0 Å². The monoisotopic (exact) mass is 450 g/mol. The summed E-state index contributed by atoms with van der Waals surface area (Å²) < 4.78 is 6.84. The van der Waals surface area contributed by atoms with Crippen molar-refractivity contribution in [3.8, 4) is 17.7 Å². The van der Waals surface area contributed by atoms with E-state index in [-0.39, 0.29) is 21.8 Å². The minimum absolute atomic E-state index is 0.0459. The van der Waals surface area contributed by atoms with Crippen LogP contribution in [0.2, 0.25) is 0 Å². The topological polar surface area (TPSA) is 114 Å². The smallest absolute Gasteiger partial charge is 0.268 e. The van der Waals surface area contributed by atoms with Crippen molar-refractivity contribution in [3.05, 3.63) is 74.6 Å². The van der Waals surface area contributed by atoms with Gasteiger partial charge in [0.15, 0.2) is 11.5 Å². The van der Waals surface area contributed by atoms with Crippen molar-refractivity contribution in [1.29, 1.82) is 5.26 Å². The van der Waals surface area contributed by atoms with Crippen LogP contribution in [0.4, 0.5) is 17.2 Å². The van der Waals surface area contributed by atoms with E-state index >= 15 is 0 Å². The highest BCUT2D eigenvalue weighted by Crippen LogP contribution is 2.34. The number of anilines is 1. The van der Waals surface area contributed by atoms with Gasteiger partial charge < -0.3 is 15.7 Å². The van der Waals surface area contributed by atoms with Gasteiger partial charge in [0.1, 0.15) is 10.2 Å². The third-order valence-corrected chi connectivity index (χ3v) is 4.77. The first-order valence-corrected chi connectivity index (χ1v) is 9.12. The molecule has 9 heteroatoms. The molecule has 0 amide bonds. The lowest BCUT2D eigenvalue weighted by Crippen LogP contribution is -2.25. The maximum Gasteiger partial charge on any atom is 0.268 e. The molecule has 29 heavy (non-hydrogen) atoms. The predicted molar refractivity (Wildman–Crippen MR) is 110 cm³/mol.